The monoisotopic (exact) mass is 169 g/mol. The van der Waals surface area contributed by atoms with Gasteiger partial charge in [-0.3, -0.25) is 0 Å². The molecule has 0 aliphatic carbocycles. The van der Waals surface area contributed by atoms with Crippen molar-refractivity contribution in [3.63, 3.8) is 0 Å². The highest BCUT2D eigenvalue weighted by molar-refractivity contribution is 4.75. The van der Waals surface area contributed by atoms with E-state index in [1.165, 1.54) is 12.8 Å². The van der Waals surface area contributed by atoms with Gasteiger partial charge in [-0.15, -0.1) is 13.2 Å². The molecule has 1 rings (SSSR count). The van der Waals surface area contributed by atoms with Crippen LogP contribution in [0.1, 0.15) is 12.8 Å². The SMILES string of the molecule is C1CCOC1.C=CCNCC=C. The number of rotatable bonds is 4. The molecular formula is C10H19NO. The highest BCUT2D eigenvalue weighted by atomic mass is 16.5. The van der Waals surface area contributed by atoms with Gasteiger partial charge in [-0.05, 0) is 12.8 Å². The van der Waals surface area contributed by atoms with Crippen LogP contribution >= 0.6 is 0 Å². The van der Waals surface area contributed by atoms with Crippen molar-refractivity contribution < 1.29 is 4.74 Å². The first kappa shape index (κ1) is 11.4. The molecule has 0 aromatic rings. The Morgan fingerprint density at radius 1 is 1.08 bits per heavy atom. The molecule has 2 heteroatoms. The van der Waals surface area contributed by atoms with E-state index in [2.05, 4.69) is 18.5 Å². The molecule has 0 atom stereocenters. The van der Waals surface area contributed by atoms with Gasteiger partial charge < -0.3 is 10.1 Å². The lowest BCUT2D eigenvalue weighted by atomic mass is 10.4. The molecule has 1 fully saturated rings. The molecule has 0 aromatic heterocycles. The fourth-order valence-corrected chi connectivity index (χ4v) is 0.798. The molecule has 0 aromatic carbocycles. The lowest BCUT2D eigenvalue weighted by Crippen LogP contribution is -2.11. The van der Waals surface area contributed by atoms with Gasteiger partial charge in [0.05, 0.1) is 0 Å². The maximum Gasteiger partial charge on any atom is 0.0466 e. The summed E-state index contributed by atoms with van der Waals surface area (Å²) in [5.41, 5.74) is 0. The minimum absolute atomic E-state index is 0.867. The van der Waals surface area contributed by atoms with E-state index in [0.717, 1.165) is 26.3 Å². The standard InChI is InChI=1S/C6H11N.C4H8O/c1-3-5-7-6-4-2;1-2-4-5-3-1/h3-4,7H,1-2,5-6H2;1-4H2. The van der Waals surface area contributed by atoms with Gasteiger partial charge in [-0.2, -0.15) is 0 Å². The Labute approximate surface area is 75.3 Å². The Balaban J connectivity index is 0.000000211. The minimum Gasteiger partial charge on any atom is -0.381 e. The first-order valence-electron chi connectivity index (χ1n) is 4.42. The highest BCUT2D eigenvalue weighted by Gasteiger charge is 1.94. The topological polar surface area (TPSA) is 21.3 Å². The predicted molar refractivity (Wildman–Crippen MR) is 53.3 cm³/mol. The van der Waals surface area contributed by atoms with E-state index < -0.39 is 0 Å². The number of hydrogen-bond acceptors (Lipinski definition) is 2. The lowest BCUT2D eigenvalue weighted by Gasteiger charge is -1.90. The smallest absolute Gasteiger partial charge is 0.0466 e. The van der Waals surface area contributed by atoms with Gasteiger partial charge in [0.15, 0.2) is 0 Å². The molecule has 0 radical (unpaired) electrons. The van der Waals surface area contributed by atoms with Crippen molar-refractivity contribution in [3.8, 4) is 0 Å². The van der Waals surface area contributed by atoms with Crippen molar-refractivity contribution in [2.24, 2.45) is 0 Å². The van der Waals surface area contributed by atoms with Crippen molar-refractivity contribution >= 4 is 0 Å². The number of hydrogen-bond donors (Lipinski definition) is 1. The largest absolute Gasteiger partial charge is 0.381 e. The van der Waals surface area contributed by atoms with Crippen LogP contribution in [0.2, 0.25) is 0 Å². The summed E-state index contributed by atoms with van der Waals surface area (Å²) in [6, 6.07) is 0. The molecule has 0 bridgehead atoms. The van der Waals surface area contributed by atoms with Crippen LogP contribution in [0, 0.1) is 0 Å². The Bertz CT molecular complexity index is 92.8. The summed E-state index contributed by atoms with van der Waals surface area (Å²) < 4.78 is 4.94. The maximum atomic E-state index is 4.94. The zero-order valence-corrected chi connectivity index (χ0v) is 7.72. The van der Waals surface area contributed by atoms with Gasteiger partial charge in [-0.25, -0.2) is 0 Å². The molecule has 1 saturated heterocycles. The second kappa shape index (κ2) is 10.4. The summed E-state index contributed by atoms with van der Waals surface area (Å²) in [7, 11) is 0. The van der Waals surface area contributed by atoms with Gasteiger partial charge in [0, 0.05) is 26.3 Å². The van der Waals surface area contributed by atoms with Crippen molar-refractivity contribution in [1.82, 2.24) is 5.32 Å². The second-order valence-electron chi connectivity index (χ2n) is 2.56. The normalized spacial score (nSPS) is 14.7. The van der Waals surface area contributed by atoms with Crippen LogP contribution < -0.4 is 5.32 Å². The molecule has 0 spiro atoms. The molecule has 1 aliphatic rings. The van der Waals surface area contributed by atoms with Gasteiger partial charge >= 0.3 is 0 Å². The van der Waals surface area contributed by atoms with Crippen LogP contribution in [0.15, 0.2) is 25.3 Å². The van der Waals surface area contributed by atoms with Crippen molar-refractivity contribution in [3.05, 3.63) is 25.3 Å². The molecular weight excluding hydrogens is 150 g/mol. The summed E-state index contributed by atoms with van der Waals surface area (Å²) in [4.78, 5) is 0. The minimum atomic E-state index is 0.867. The molecule has 1 aliphatic heterocycles. The molecule has 2 nitrogen and oxygen atoms in total. The fourth-order valence-electron chi connectivity index (χ4n) is 0.798. The molecule has 1 heterocycles. The highest BCUT2D eigenvalue weighted by Crippen LogP contribution is 1.98. The van der Waals surface area contributed by atoms with Gasteiger partial charge in [0.1, 0.15) is 0 Å². The number of nitrogens with one attached hydrogen (secondary N) is 1. The van der Waals surface area contributed by atoms with Crippen LogP contribution in [0.25, 0.3) is 0 Å². The summed E-state index contributed by atoms with van der Waals surface area (Å²) in [6.45, 7) is 10.8. The molecule has 12 heavy (non-hydrogen) atoms. The second-order valence-corrected chi connectivity index (χ2v) is 2.56. The van der Waals surface area contributed by atoms with Crippen LogP contribution in [0.5, 0.6) is 0 Å². The van der Waals surface area contributed by atoms with E-state index in [1.807, 2.05) is 12.2 Å². The zero-order valence-electron chi connectivity index (χ0n) is 7.72. The average molecular weight is 169 g/mol. The summed E-state index contributed by atoms with van der Waals surface area (Å²) >= 11 is 0. The number of ether oxygens (including phenoxy) is 1. The first-order valence-corrected chi connectivity index (χ1v) is 4.42. The van der Waals surface area contributed by atoms with Crippen molar-refractivity contribution in [1.29, 1.82) is 0 Å². The summed E-state index contributed by atoms with van der Waals surface area (Å²) in [5, 5.41) is 3.05. The summed E-state index contributed by atoms with van der Waals surface area (Å²) in [6.07, 6.45) is 6.20. The third-order valence-electron chi connectivity index (χ3n) is 1.40. The van der Waals surface area contributed by atoms with Crippen LogP contribution in [-0.4, -0.2) is 26.3 Å². The van der Waals surface area contributed by atoms with E-state index in [4.69, 9.17) is 4.74 Å². The van der Waals surface area contributed by atoms with E-state index in [-0.39, 0.29) is 0 Å². The van der Waals surface area contributed by atoms with E-state index >= 15 is 0 Å². The Morgan fingerprint density at radius 2 is 1.58 bits per heavy atom. The predicted octanol–water partition coefficient (Wildman–Crippen LogP) is 1.74. The molecule has 1 N–H and O–H groups in total. The molecule has 70 valence electrons. The third kappa shape index (κ3) is 9.40. The fraction of sp³-hybridized carbons (Fsp3) is 0.600. The Morgan fingerprint density at radius 3 is 1.83 bits per heavy atom. The van der Waals surface area contributed by atoms with Crippen molar-refractivity contribution in [2.75, 3.05) is 26.3 Å². The molecule has 0 saturated carbocycles. The van der Waals surface area contributed by atoms with Crippen LogP contribution in [0.4, 0.5) is 0 Å². The average Bonchev–Trinajstić information content (AvgIpc) is 2.62. The van der Waals surface area contributed by atoms with E-state index in [0.29, 0.717) is 0 Å². The van der Waals surface area contributed by atoms with E-state index in [1.54, 1.807) is 0 Å². The van der Waals surface area contributed by atoms with Gasteiger partial charge in [0.2, 0.25) is 0 Å². The zero-order chi connectivity index (χ0) is 9.07. The van der Waals surface area contributed by atoms with Crippen LogP contribution in [-0.2, 0) is 4.74 Å². The third-order valence-corrected chi connectivity index (χ3v) is 1.40. The van der Waals surface area contributed by atoms with Gasteiger partial charge in [0.25, 0.3) is 0 Å². The van der Waals surface area contributed by atoms with Gasteiger partial charge in [-0.1, -0.05) is 12.2 Å². The van der Waals surface area contributed by atoms with E-state index in [9.17, 15) is 0 Å². The maximum absolute atomic E-state index is 4.94. The quantitative estimate of drug-likeness (QED) is 0.511. The lowest BCUT2D eigenvalue weighted by molar-refractivity contribution is 0.198. The van der Waals surface area contributed by atoms with Crippen molar-refractivity contribution in [2.45, 2.75) is 12.8 Å². The first-order chi connectivity index (χ1) is 5.91. The molecule has 0 amide bonds. The Kier molecular flexibility index (Phi) is 9.88. The van der Waals surface area contributed by atoms with Crippen LogP contribution in [0.3, 0.4) is 0 Å². The Hall–Kier alpha value is -0.600. The summed E-state index contributed by atoms with van der Waals surface area (Å²) in [5.74, 6) is 0. The molecule has 0 unspecified atom stereocenters.